The Morgan fingerprint density at radius 2 is 1.88 bits per heavy atom. The Bertz CT molecular complexity index is 737. The fraction of sp³-hybridized carbons (Fsp3) is 0.167. The van der Waals surface area contributed by atoms with E-state index >= 15 is 0 Å². The van der Waals surface area contributed by atoms with E-state index in [0.29, 0.717) is 24.1 Å². The molecule has 6 heteroatoms. The molecular formula is C18H17N3O3. The summed E-state index contributed by atoms with van der Waals surface area (Å²) in [4.78, 5) is 23.0. The van der Waals surface area contributed by atoms with E-state index in [1.54, 1.807) is 36.4 Å². The van der Waals surface area contributed by atoms with Crippen molar-refractivity contribution >= 4 is 23.4 Å². The highest BCUT2D eigenvalue weighted by Crippen LogP contribution is 2.14. The van der Waals surface area contributed by atoms with Crippen LogP contribution in [0.3, 0.4) is 0 Å². The smallest absolute Gasteiger partial charge is 0.344 e. The van der Waals surface area contributed by atoms with Gasteiger partial charge in [0, 0.05) is 17.7 Å². The predicted molar refractivity (Wildman–Crippen MR) is 90.1 cm³/mol. The van der Waals surface area contributed by atoms with E-state index in [-0.39, 0.29) is 17.5 Å². The summed E-state index contributed by atoms with van der Waals surface area (Å²) in [5, 5.41) is 9.76. The first-order valence-electron chi connectivity index (χ1n) is 7.29. The molecule has 0 fully saturated rings. The molecule has 122 valence electrons. The minimum Gasteiger partial charge on any atom is -0.414 e. The zero-order valence-electron chi connectivity index (χ0n) is 13.2. The van der Waals surface area contributed by atoms with Crippen molar-refractivity contribution in [1.82, 2.24) is 0 Å². The third-order valence-corrected chi connectivity index (χ3v) is 3.13. The number of nitrogens with one attached hydrogen (secondary N) is 2. The minimum atomic E-state index is -0.523. The number of ether oxygens (including phenoxy) is 1. The van der Waals surface area contributed by atoms with Gasteiger partial charge in [0.15, 0.2) is 11.7 Å². The normalized spacial score (nSPS) is 9.71. The van der Waals surface area contributed by atoms with Crippen molar-refractivity contribution in [2.45, 2.75) is 19.8 Å². The molecule has 24 heavy (non-hydrogen) atoms. The van der Waals surface area contributed by atoms with Crippen LogP contribution in [0.15, 0.2) is 36.4 Å². The number of carbonyl (C=O) groups is 2. The van der Waals surface area contributed by atoms with Gasteiger partial charge in [0.1, 0.15) is 5.78 Å². The van der Waals surface area contributed by atoms with Crippen LogP contribution >= 0.6 is 0 Å². The average molecular weight is 323 g/mol. The summed E-state index contributed by atoms with van der Waals surface area (Å²) >= 11 is 0. The first-order chi connectivity index (χ1) is 11.4. The first-order valence-corrected chi connectivity index (χ1v) is 7.29. The van der Waals surface area contributed by atoms with Crippen molar-refractivity contribution in [2.75, 3.05) is 5.32 Å². The molecule has 0 aliphatic heterocycles. The van der Waals surface area contributed by atoms with Crippen LogP contribution in [-0.2, 0) is 11.2 Å². The Kier molecular flexibility index (Phi) is 5.53. The Labute approximate surface area is 140 Å². The highest BCUT2D eigenvalue weighted by molar-refractivity contribution is 5.93. The Morgan fingerprint density at radius 1 is 1.17 bits per heavy atom. The molecule has 0 aliphatic carbocycles. The van der Waals surface area contributed by atoms with Gasteiger partial charge in [0.2, 0.25) is 0 Å². The maximum atomic E-state index is 12.1. The molecule has 6 nitrogen and oxygen atoms in total. The second-order valence-corrected chi connectivity index (χ2v) is 5.18. The van der Waals surface area contributed by atoms with E-state index in [1.165, 1.54) is 6.92 Å². The van der Waals surface area contributed by atoms with Crippen molar-refractivity contribution in [3.8, 4) is 5.75 Å². The van der Waals surface area contributed by atoms with Crippen LogP contribution in [0.4, 0.5) is 5.69 Å². The summed E-state index contributed by atoms with van der Waals surface area (Å²) in [6, 6.07) is 15.4. The van der Waals surface area contributed by atoms with Gasteiger partial charge in [-0.05, 0) is 55.8 Å². The lowest BCUT2D eigenvalue weighted by molar-refractivity contribution is -0.116. The molecule has 0 amide bonds. The van der Waals surface area contributed by atoms with Crippen molar-refractivity contribution in [3.05, 3.63) is 59.7 Å². The van der Waals surface area contributed by atoms with E-state index in [2.05, 4.69) is 17.4 Å². The first kappa shape index (κ1) is 17.0. The Morgan fingerprint density at radius 3 is 2.42 bits per heavy atom. The number of benzene rings is 1. The molecule has 0 saturated heterocycles. The Balaban J connectivity index is 1.96. The number of hydrogen-bond donors (Lipinski definition) is 3. The zero-order chi connectivity index (χ0) is 17.5. The van der Waals surface area contributed by atoms with Crippen LogP contribution in [0.2, 0.25) is 0 Å². The van der Waals surface area contributed by atoms with E-state index in [4.69, 9.17) is 15.9 Å². The third kappa shape index (κ3) is 5.14. The van der Waals surface area contributed by atoms with Gasteiger partial charge in [-0.25, -0.2) is 4.79 Å². The standard InChI is InChI=1S/C18H17N3O3/c1-12(22)2-3-13-4-10-16(11-5-13)24-17(23)14-6-8-15(9-7-14)21-18(19)20/h4,6-10H,2-3H2,1H3,(H4,19,20,21). The summed E-state index contributed by atoms with van der Waals surface area (Å²) in [7, 11) is 0. The Hall–Kier alpha value is -3.33. The van der Waals surface area contributed by atoms with Gasteiger partial charge in [0.05, 0.1) is 5.56 Å². The molecule has 0 spiro atoms. The molecule has 0 aliphatic rings. The van der Waals surface area contributed by atoms with E-state index < -0.39 is 5.97 Å². The summed E-state index contributed by atoms with van der Waals surface area (Å²) < 4.78 is 5.22. The number of esters is 1. The highest BCUT2D eigenvalue weighted by Gasteiger charge is 2.08. The monoisotopic (exact) mass is 323 g/mol. The lowest BCUT2D eigenvalue weighted by atomic mass is 10.1. The molecule has 0 radical (unpaired) electrons. The number of Topliss-reactive ketones (excluding diaryl/α,β-unsaturated/α-hetero) is 1. The van der Waals surface area contributed by atoms with Crippen LogP contribution in [0.25, 0.3) is 0 Å². The number of ketones is 1. The van der Waals surface area contributed by atoms with Gasteiger partial charge in [-0.2, -0.15) is 0 Å². The molecule has 4 N–H and O–H groups in total. The van der Waals surface area contributed by atoms with E-state index in [1.807, 2.05) is 0 Å². The van der Waals surface area contributed by atoms with Gasteiger partial charge in [-0.3, -0.25) is 5.41 Å². The summed E-state index contributed by atoms with van der Waals surface area (Å²) in [5.41, 5.74) is 7.03. The van der Waals surface area contributed by atoms with Gasteiger partial charge in [-0.15, -0.1) is 0 Å². The lowest BCUT2D eigenvalue weighted by Crippen LogP contribution is -2.20. The quantitative estimate of drug-likeness (QED) is 0.430. The molecule has 0 saturated carbocycles. The van der Waals surface area contributed by atoms with Crippen molar-refractivity contribution < 1.29 is 14.3 Å². The number of carbonyl (C=O) groups excluding carboxylic acids is 2. The molecule has 0 atom stereocenters. The van der Waals surface area contributed by atoms with Crippen molar-refractivity contribution in [2.24, 2.45) is 5.73 Å². The molecular weight excluding hydrogens is 306 g/mol. The molecule has 0 heterocycles. The molecule has 2 rings (SSSR count). The maximum Gasteiger partial charge on any atom is 0.344 e. The fourth-order valence-electron chi connectivity index (χ4n) is 1.92. The topological polar surface area (TPSA) is 105 Å². The molecule has 0 unspecified atom stereocenters. The van der Waals surface area contributed by atoms with E-state index in [0.717, 1.165) is 5.56 Å². The number of nitrogens with two attached hydrogens (primary N) is 1. The van der Waals surface area contributed by atoms with Crippen LogP contribution in [0, 0.1) is 17.5 Å². The molecule has 2 aromatic carbocycles. The lowest BCUT2D eigenvalue weighted by Gasteiger charge is -2.05. The van der Waals surface area contributed by atoms with Gasteiger partial charge in [0.25, 0.3) is 0 Å². The third-order valence-electron chi connectivity index (χ3n) is 3.13. The number of aryl methyl sites for hydroxylation is 1. The molecule has 0 bridgehead atoms. The number of hydrogen-bond acceptors (Lipinski definition) is 4. The maximum absolute atomic E-state index is 12.1. The summed E-state index contributed by atoms with van der Waals surface area (Å²) in [5.74, 6) is -0.329. The average Bonchev–Trinajstić information content (AvgIpc) is 2.54. The van der Waals surface area contributed by atoms with Gasteiger partial charge < -0.3 is 20.6 Å². The second-order valence-electron chi connectivity index (χ2n) is 5.18. The predicted octanol–water partition coefficient (Wildman–Crippen LogP) is 2.33. The summed E-state index contributed by atoms with van der Waals surface area (Å²) in [6.45, 7) is 1.54. The SMILES string of the molecule is CC(=O)CCc1c#cc(OC(=O)c2ccc(NC(=N)N)cc2)cc1. The second kappa shape index (κ2) is 7.79. The minimum absolute atomic E-state index is 0.113. The number of rotatable bonds is 6. The largest absolute Gasteiger partial charge is 0.414 e. The van der Waals surface area contributed by atoms with Gasteiger partial charge in [-0.1, -0.05) is 6.07 Å². The number of anilines is 1. The zero-order valence-corrected chi connectivity index (χ0v) is 13.2. The fourth-order valence-corrected chi connectivity index (χ4v) is 1.92. The van der Waals surface area contributed by atoms with Crippen LogP contribution < -0.4 is 15.8 Å². The van der Waals surface area contributed by atoms with Crippen LogP contribution in [0.1, 0.15) is 29.3 Å². The van der Waals surface area contributed by atoms with E-state index in [9.17, 15) is 9.59 Å². The molecule has 0 aromatic heterocycles. The molecule has 2 aromatic rings. The van der Waals surface area contributed by atoms with Crippen molar-refractivity contribution in [3.63, 3.8) is 0 Å². The van der Waals surface area contributed by atoms with Crippen LogP contribution in [-0.4, -0.2) is 17.7 Å². The van der Waals surface area contributed by atoms with Crippen LogP contribution in [0.5, 0.6) is 5.75 Å². The van der Waals surface area contributed by atoms with Crippen molar-refractivity contribution in [1.29, 1.82) is 5.41 Å². The summed E-state index contributed by atoms with van der Waals surface area (Å²) in [6.07, 6.45) is 1.04. The number of guanidine groups is 1. The van der Waals surface area contributed by atoms with Gasteiger partial charge >= 0.3 is 5.97 Å². The highest BCUT2D eigenvalue weighted by atomic mass is 16.5.